The van der Waals surface area contributed by atoms with Gasteiger partial charge < -0.3 is 24.1 Å². The molecular formula is C94H118B5N10+5. The number of benzene rings is 5. The first-order valence-electron chi connectivity index (χ1n) is 41.6. The van der Waals surface area contributed by atoms with Gasteiger partial charge in [-0.1, -0.05) is 197 Å². The summed E-state index contributed by atoms with van der Waals surface area (Å²) in [5, 5.41) is 0. The van der Waals surface area contributed by atoms with E-state index in [-0.39, 0.29) is 31.9 Å². The van der Waals surface area contributed by atoms with E-state index in [4.69, 9.17) is 8.22 Å². The minimum absolute atomic E-state index is 0.0118. The largest absolute Gasteiger partial charge is 0.404 e. The molecule has 0 fully saturated rings. The van der Waals surface area contributed by atoms with Crippen LogP contribution in [0.15, 0.2) is 234 Å². The molecule has 1 atom stereocenters. The summed E-state index contributed by atoms with van der Waals surface area (Å²) >= 11 is 0. The summed E-state index contributed by atoms with van der Waals surface area (Å²) < 4.78 is 59.4. The molecule has 554 valence electrons. The second kappa shape index (κ2) is 33.8. The first-order valence-corrected chi connectivity index (χ1v) is 38.6. The van der Waals surface area contributed by atoms with Gasteiger partial charge in [0, 0.05) is 96.8 Å². The maximum Gasteiger partial charge on any atom is 0.399 e. The monoisotopic (exact) mass is 1450 g/mol. The number of para-hydroxylation sites is 5. The highest BCUT2D eigenvalue weighted by atomic mass is 15.1. The van der Waals surface area contributed by atoms with Crippen LogP contribution in [-0.2, 0) is 47.0 Å². The van der Waals surface area contributed by atoms with E-state index < -0.39 is 19.1 Å². The van der Waals surface area contributed by atoms with E-state index in [0.717, 1.165) is 22.4 Å². The van der Waals surface area contributed by atoms with Crippen molar-refractivity contribution in [3.8, 4) is 0 Å². The third-order valence-corrected chi connectivity index (χ3v) is 22.4. The molecule has 0 bridgehead atoms. The lowest BCUT2D eigenvalue weighted by Gasteiger charge is -2.32. The highest BCUT2D eigenvalue weighted by Crippen LogP contribution is 2.35. The van der Waals surface area contributed by atoms with Crippen LogP contribution in [0, 0.1) is 26.7 Å². The third kappa shape index (κ3) is 17.5. The Kier molecular flexibility index (Phi) is 22.3. The SMILES string of the molecule is CC1=Cc2ccccc2N(C)B1c1cc(C(C)(C)C)cc[n+]1C.CC1=Cc2ccccc2N(C)B1c1cc(C)c(C)c[n+]1C.CC1=Cc2ccccc2N(C)B1c1cc(C)cc[n+]1C.[2H]C([2H])([2H])C([2H])(C)c1cc[n+](C)c(B2C(C)=Cc3ccccc3N2C)c1.[2H]C([2H])(c1cc[n+](C)c(B2C(C)=Cc3ccccc3N2C)c1)C(C)C. The van der Waals surface area contributed by atoms with Crippen LogP contribution in [0.5, 0.6) is 0 Å². The third-order valence-electron chi connectivity index (χ3n) is 22.4. The molecule has 10 nitrogen and oxygen atoms in total. The fraction of sp³-hybridized carbons (Fsp3) is 0.309. The van der Waals surface area contributed by atoms with E-state index >= 15 is 0 Å². The molecule has 10 aromatic rings. The number of allylic oxidation sites excluding steroid dienone is 5. The molecule has 5 aromatic carbocycles. The Bertz CT molecular complexity index is 5450. The van der Waals surface area contributed by atoms with Crippen LogP contribution in [0.1, 0.15) is 158 Å². The smallest absolute Gasteiger partial charge is 0.399 e. The van der Waals surface area contributed by atoms with Gasteiger partial charge in [0.2, 0.25) is 0 Å². The van der Waals surface area contributed by atoms with E-state index in [9.17, 15) is 0 Å². The first-order chi connectivity index (χ1) is 54.1. The van der Waals surface area contributed by atoms with Crippen molar-refractivity contribution >= 4 is 121 Å². The Morgan fingerprint density at radius 3 is 1.05 bits per heavy atom. The summed E-state index contributed by atoms with van der Waals surface area (Å²) in [6.07, 6.45) is 20.4. The summed E-state index contributed by atoms with van der Waals surface area (Å²) in [6, 6.07) is 61.4. The maximum absolute atomic E-state index is 8.45. The van der Waals surface area contributed by atoms with Crippen LogP contribution in [0.4, 0.5) is 28.4 Å². The van der Waals surface area contributed by atoms with Crippen LogP contribution < -0.4 is 74.9 Å². The standard InChI is InChI=1S/2C20H26BN2.C19H24BN2.C18H22BN2.C17H20BN2/c1-15-13-16-9-7-8-10-18(16)23(6)21(15)19-14-17(20(2,3)4)11-12-22(19)5;1-15(2)12-17-10-11-22(4)20(14-17)21-16(3)13-18-8-6-7-9-19(18)23(21)5;1-14(2)16-10-11-21(4)19(13-16)20-15(3)12-17-8-6-7-9-18(17)22(20)5;1-13-10-18(20(4)12-14(13)2)19-15(3)11-16-8-6-7-9-17(16)21(19)5;1-13-9-10-19(3)17(11-13)18-14(2)12-15-7-5-6-8-16(15)20(18)4/h7-14H,1-6H3;6-11,13-15H,12H2,1-5H3;6-14H,1-5H3;6-12H,1-5H3;5-12H,1-4H3/q5*+1/i;12D2;1D3,14D;;. The number of rotatable bonds is 8. The summed E-state index contributed by atoms with van der Waals surface area (Å²) in [6.45, 7) is 28.2. The first kappa shape index (κ1) is 71.8. The van der Waals surface area contributed by atoms with Crippen LogP contribution in [0.25, 0.3) is 30.4 Å². The predicted octanol–water partition coefficient (Wildman–Crippen LogP) is 13.6. The molecule has 0 aliphatic carbocycles. The maximum atomic E-state index is 8.45. The summed E-state index contributed by atoms with van der Waals surface area (Å²) in [4.78, 5) is 11.6. The molecule has 10 heterocycles. The van der Waals surface area contributed by atoms with Crippen molar-refractivity contribution in [2.75, 3.05) is 59.3 Å². The fourth-order valence-corrected chi connectivity index (χ4v) is 16.5. The summed E-state index contributed by atoms with van der Waals surface area (Å²) in [7, 11) is 21.1. The quantitative estimate of drug-likeness (QED) is 0.112. The Hall–Kier alpha value is -10.1. The zero-order valence-electron chi connectivity index (χ0n) is 75.5. The molecule has 0 radical (unpaired) electrons. The highest BCUT2D eigenvalue weighted by molar-refractivity contribution is 6.85. The van der Waals surface area contributed by atoms with E-state index in [1.54, 1.807) is 6.07 Å². The molecule has 0 saturated carbocycles. The molecule has 0 N–H and O–H groups in total. The molecule has 5 aliphatic rings. The van der Waals surface area contributed by atoms with E-state index in [2.05, 4.69) is 363 Å². The van der Waals surface area contributed by atoms with Crippen molar-refractivity contribution in [3.63, 3.8) is 0 Å². The van der Waals surface area contributed by atoms with E-state index in [1.165, 1.54) is 124 Å². The minimum Gasteiger partial charge on any atom is -0.404 e. The van der Waals surface area contributed by atoms with Crippen molar-refractivity contribution in [3.05, 3.63) is 295 Å². The van der Waals surface area contributed by atoms with Crippen LogP contribution in [-0.4, -0.2) is 69.5 Å². The van der Waals surface area contributed by atoms with Crippen LogP contribution in [0.3, 0.4) is 0 Å². The number of fused-ring (bicyclic) bond motifs is 5. The van der Waals surface area contributed by atoms with Crippen molar-refractivity contribution in [2.45, 2.75) is 121 Å². The van der Waals surface area contributed by atoms with Crippen molar-refractivity contribution in [2.24, 2.45) is 41.2 Å². The minimum atomic E-state index is -2.39. The predicted molar refractivity (Wildman–Crippen MR) is 473 cm³/mol. The lowest BCUT2D eigenvalue weighted by Crippen LogP contribution is -2.62. The lowest BCUT2D eigenvalue weighted by molar-refractivity contribution is -0.654. The van der Waals surface area contributed by atoms with Gasteiger partial charge in [0.05, 0.1) is 0 Å². The highest BCUT2D eigenvalue weighted by Gasteiger charge is 2.42. The van der Waals surface area contributed by atoms with Crippen molar-refractivity contribution in [1.29, 1.82) is 0 Å². The number of hydrogen-bond acceptors (Lipinski definition) is 5. The Morgan fingerprint density at radius 1 is 0.376 bits per heavy atom. The molecule has 15 rings (SSSR count). The van der Waals surface area contributed by atoms with Gasteiger partial charge in [-0.25, -0.2) is 22.8 Å². The molecule has 15 heteroatoms. The average molecular weight is 1450 g/mol. The molecule has 1 unspecified atom stereocenters. The second-order valence-corrected chi connectivity index (χ2v) is 32.2. The van der Waals surface area contributed by atoms with Gasteiger partial charge in [0.25, 0.3) is 0 Å². The van der Waals surface area contributed by atoms with Gasteiger partial charge in [0.1, 0.15) is 35.2 Å². The number of aromatic nitrogens is 5. The zero-order chi connectivity index (χ0) is 83.8. The fourth-order valence-electron chi connectivity index (χ4n) is 16.5. The lowest BCUT2D eigenvalue weighted by atomic mass is 9.49. The van der Waals surface area contributed by atoms with Gasteiger partial charge in [-0.3, -0.25) is 0 Å². The van der Waals surface area contributed by atoms with Gasteiger partial charge in [0.15, 0.2) is 59.0 Å². The number of hydrogen-bond donors (Lipinski definition) is 0. The molecule has 0 saturated heterocycles. The van der Waals surface area contributed by atoms with Crippen LogP contribution >= 0.6 is 0 Å². The van der Waals surface area contributed by atoms with E-state index in [0.29, 0.717) is 19.3 Å². The van der Waals surface area contributed by atoms with Gasteiger partial charge >= 0.3 is 34.2 Å². The van der Waals surface area contributed by atoms with Crippen molar-refractivity contribution < 1.29 is 31.1 Å². The van der Waals surface area contributed by atoms with Gasteiger partial charge in [-0.05, 0) is 200 Å². The van der Waals surface area contributed by atoms with Gasteiger partial charge in [-0.15, -0.1) is 0 Å². The summed E-state index contributed by atoms with van der Waals surface area (Å²) in [5.41, 5.74) is 32.0. The molecular weight excluding hydrogens is 1320 g/mol. The molecule has 0 amide bonds. The van der Waals surface area contributed by atoms with Gasteiger partial charge in [-0.2, -0.15) is 0 Å². The molecule has 5 aromatic heterocycles. The number of anilines is 5. The summed E-state index contributed by atoms with van der Waals surface area (Å²) in [5.74, 6) is -1.73. The molecule has 5 aliphatic heterocycles. The average Bonchev–Trinajstić information content (AvgIpc) is 0.783. The topological polar surface area (TPSA) is 35.6 Å². The zero-order valence-corrected chi connectivity index (χ0v) is 69.5. The number of pyridine rings is 5. The van der Waals surface area contributed by atoms with Crippen molar-refractivity contribution in [1.82, 2.24) is 0 Å². The molecule has 109 heavy (non-hydrogen) atoms. The normalized spacial score (nSPS) is 15.8. The van der Waals surface area contributed by atoms with Crippen LogP contribution in [0.2, 0.25) is 0 Å². The second-order valence-electron chi connectivity index (χ2n) is 32.2. The Balaban J connectivity index is 0.000000142. The molecule has 0 spiro atoms. The number of aryl methyl sites for hydroxylation is 8. The number of nitrogens with zero attached hydrogens (tertiary/aromatic N) is 10. The van der Waals surface area contributed by atoms with E-state index in [1.807, 2.05) is 75.2 Å². The Morgan fingerprint density at radius 2 is 0.688 bits per heavy atom. The Labute approximate surface area is 665 Å².